The molecule has 4 heteroatoms. The minimum absolute atomic E-state index is 0.291. The van der Waals surface area contributed by atoms with Gasteiger partial charge in [-0.1, -0.05) is 19.1 Å². The first-order valence-electron chi connectivity index (χ1n) is 6.23. The molecule has 0 heterocycles. The van der Waals surface area contributed by atoms with E-state index in [9.17, 15) is 4.79 Å². The standard InChI is InChI=1S/C14H21NO3/c1-3-12(14(16)17)10-15-9-8-11-4-6-13(18-2)7-5-11/h4-7,12,15H,3,8-10H2,1-2H3,(H,16,17). The lowest BCUT2D eigenvalue weighted by atomic mass is 10.1. The Kier molecular flexibility index (Phi) is 6.22. The molecule has 1 aromatic carbocycles. The van der Waals surface area contributed by atoms with Crippen molar-refractivity contribution in [3.05, 3.63) is 29.8 Å². The summed E-state index contributed by atoms with van der Waals surface area (Å²) in [5.41, 5.74) is 1.21. The van der Waals surface area contributed by atoms with Crippen molar-refractivity contribution in [3.63, 3.8) is 0 Å². The van der Waals surface area contributed by atoms with Crippen LogP contribution in [0.3, 0.4) is 0 Å². The molecule has 1 rings (SSSR count). The molecule has 0 saturated heterocycles. The Morgan fingerprint density at radius 1 is 1.39 bits per heavy atom. The third-order valence-electron chi connectivity index (χ3n) is 2.98. The summed E-state index contributed by atoms with van der Waals surface area (Å²) in [6.07, 6.45) is 1.55. The molecular formula is C14H21NO3. The summed E-state index contributed by atoms with van der Waals surface area (Å²) in [6, 6.07) is 7.91. The van der Waals surface area contributed by atoms with Crippen molar-refractivity contribution in [3.8, 4) is 5.75 Å². The highest BCUT2D eigenvalue weighted by molar-refractivity contribution is 5.70. The van der Waals surface area contributed by atoms with Gasteiger partial charge in [-0.25, -0.2) is 0 Å². The number of hydrogen-bond donors (Lipinski definition) is 2. The fraction of sp³-hybridized carbons (Fsp3) is 0.500. The predicted molar refractivity (Wildman–Crippen MR) is 71.0 cm³/mol. The molecule has 0 aliphatic rings. The Morgan fingerprint density at radius 2 is 2.06 bits per heavy atom. The minimum Gasteiger partial charge on any atom is -0.497 e. The largest absolute Gasteiger partial charge is 0.497 e. The monoisotopic (exact) mass is 251 g/mol. The van der Waals surface area contributed by atoms with Gasteiger partial charge in [0.25, 0.3) is 0 Å². The van der Waals surface area contributed by atoms with Crippen molar-refractivity contribution in [2.24, 2.45) is 5.92 Å². The van der Waals surface area contributed by atoms with Crippen molar-refractivity contribution >= 4 is 5.97 Å². The maximum atomic E-state index is 10.8. The van der Waals surface area contributed by atoms with Gasteiger partial charge in [0.15, 0.2) is 0 Å². The molecular weight excluding hydrogens is 230 g/mol. The van der Waals surface area contributed by atoms with E-state index >= 15 is 0 Å². The molecule has 4 nitrogen and oxygen atoms in total. The summed E-state index contributed by atoms with van der Waals surface area (Å²) in [4.78, 5) is 10.8. The molecule has 0 aliphatic carbocycles. The van der Waals surface area contributed by atoms with E-state index in [0.29, 0.717) is 13.0 Å². The number of aliphatic carboxylic acids is 1. The van der Waals surface area contributed by atoms with Crippen molar-refractivity contribution in [2.45, 2.75) is 19.8 Å². The summed E-state index contributed by atoms with van der Waals surface area (Å²) in [5, 5.41) is 12.1. The summed E-state index contributed by atoms with van der Waals surface area (Å²) in [7, 11) is 1.65. The molecule has 0 fully saturated rings. The van der Waals surface area contributed by atoms with Gasteiger partial charge in [-0.3, -0.25) is 4.79 Å². The molecule has 0 radical (unpaired) electrons. The Morgan fingerprint density at radius 3 is 2.56 bits per heavy atom. The lowest BCUT2D eigenvalue weighted by Gasteiger charge is -2.11. The second-order valence-corrected chi connectivity index (χ2v) is 4.25. The smallest absolute Gasteiger partial charge is 0.307 e. The van der Waals surface area contributed by atoms with Crippen LogP contribution in [0.25, 0.3) is 0 Å². The van der Waals surface area contributed by atoms with Crippen molar-refractivity contribution in [1.82, 2.24) is 5.32 Å². The quantitative estimate of drug-likeness (QED) is 0.693. The van der Waals surface area contributed by atoms with Crippen molar-refractivity contribution < 1.29 is 14.6 Å². The maximum Gasteiger partial charge on any atom is 0.307 e. The number of benzene rings is 1. The number of rotatable bonds is 8. The molecule has 0 spiro atoms. The first kappa shape index (κ1) is 14.5. The van der Waals surface area contributed by atoms with Crippen LogP contribution in [0, 0.1) is 5.92 Å². The SMILES string of the molecule is CCC(CNCCc1ccc(OC)cc1)C(=O)O. The van der Waals surface area contributed by atoms with Gasteiger partial charge in [0, 0.05) is 6.54 Å². The Balaban J connectivity index is 2.26. The molecule has 18 heavy (non-hydrogen) atoms. The van der Waals surface area contributed by atoms with Crippen LogP contribution in [-0.2, 0) is 11.2 Å². The van der Waals surface area contributed by atoms with Crippen LogP contribution in [0.1, 0.15) is 18.9 Å². The van der Waals surface area contributed by atoms with Gasteiger partial charge in [0.05, 0.1) is 13.0 Å². The second-order valence-electron chi connectivity index (χ2n) is 4.25. The van der Waals surface area contributed by atoms with Gasteiger partial charge in [0.1, 0.15) is 5.75 Å². The van der Waals surface area contributed by atoms with Gasteiger partial charge >= 0.3 is 5.97 Å². The summed E-state index contributed by atoms with van der Waals surface area (Å²) >= 11 is 0. The van der Waals surface area contributed by atoms with E-state index in [1.54, 1.807) is 7.11 Å². The number of nitrogens with one attached hydrogen (secondary N) is 1. The Bertz CT molecular complexity index is 362. The summed E-state index contributed by atoms with van der Waals surface area (Å²) < 4.78 is 5.09. The highest BCUT2D eigenvalue weighted by atomic mass is 16.5. The van der Waals surface area contributed by atoms with Crippen LogP contribution in [0.2, 0.25) is 0 Å². The third-order valence-corrected chi connectivity index (χ3v) is 2.98. The van der Waals surface area contributed by atoms with Gasteiger partial charge in [-0.15, -0.1) is 0 Å². The van der Waals surface area contributed by atoms with Gasteiger partial charge in [0.2, 0.25) is 0 Å². The van der Waals surface area contributed by atoms with Crippen LogP contribution in [0.15, 0.2) is 24.3 Å². The van der Waals surface area contributed by atoms with Crippen LogP contribution in [-0.4, -0.2) is 31.3 Å². The highest BCUT2D eigenvalue weighted by Gasteiger charge is 2.13. The first-order chi connectivity index (χ1) is 8.67. The topological polar surface area (TPSA) is 58.6 Å². The third kappa shape index (κ3) is 4.75. The Hall–Kier alpha value is -1.55. The van der Waals surface area contributed by atoms with E-state index < -0.39 is 5.97 Å². The molecule has 0 bridgehead atoms. The van der Waals surface area contributed by atoms with Crippen molar-refractivity contribution in [1.29, 1.82) is 0 Å². The first-order valence-corrected chi connectivity index (χ1v) is 6.23. The lowest BCUT2D eigenvalue weighted by Crippen LogP contribution is -2.29. The Labute approximate surface area is 108 Å². The van der Waals surface area contributed by atoms with Gasteiger partial charge in [-0.05, 0) is 37.1 Å². The normalized spacial score (nSPS) is 12.1. The van der Waals surface area contributed by atoms with Crippen molar-refractivity contribution in [2.75, 3.05) is 20.2 Å². The predicted octanol–water partition coefficient (Wildman–Crippen LogP) is 1.94. The lowest BCUT2D eigenvalue weighted by molar-refractivity contribution is -0.141. The molecule has 0 amide bonds. The molecule has 1 aromatic rings. The van der Waals surface area contributed by atoms with E-state index in [-0.39, 0.29) is 5.92 Å². The number of carboxylic acids is 1. The molecule has 0 aromatic heterocycles. The molecule has 1 unspecified atom stereocenters. The zero-order valence-electron chi connectivity index (χ0n) is 11.0. The average molecular weight is 251 g/mol. The summed E-state index contributed by atoms with van der Waals surface area (Å²) in [6.45, 7) is 3.21. The second kappa shape index (κ2) is 7.71. The van der Waals surface area contributed by atoms with E-state index in [1.165, 1.54) is 5.56 Å². The molecule has 0 saturated carbocycles. The fourth-order valence-corrected chi connectivity index (χ4v) is 1.71. The zero-order chi connectivity index (χ0) is 13.4. The van der Waals surface area contributed by atoms with E-state index in [0.717, 1.165) is 18.7 Å². The van der Waals surface area contributed by atoms with Crippen LogP contribution in [0.5, 0.6) is 5.75 Å². The number of ether oxygens (including phenoxy) is 1. The molecule has 0 aliphatic heterocycles. The molecule has 1 atom stereocenters. The van der Waals surface area contributed by atoms with Gasteiger partial charge < -0.3 is 15.2 Å². The fourth-order valence-electron chi connectivity index (χ4n) is 1.71. The minimum atomic E-state index is -0.727. The van der Waals surface area contributed by atoms with E-state index in [1.807, 2.05) is 31.2 Å². The molecule has 100 valence electrons. The van der Waals surface area contributed by atoms with Crippen LogP contribution < -0.4 is 10.1 Å². The van der Waals surface area contributed by atoms with E-state index in [4.69, 9.17) is 9.84 Å². The maximum absolute atomic E-state index is 10.8. The number of methoxy groups -OCH3 is 1. The highest BCUT2D eigenvalue weighted by Crippen LogP contribution is 2.11. The molecule has 2 N–H and O–H groups in total. The van der Waals surface area contributed by atoms with Gasteiger partial charge in [-0.2, -0.15) is 0 Å². The van der Waals surface area contributed by atoms with E-state index in [2.05, 4.69) is 5.32 Å². The van der Waals surface area contributed by atoms with Crippen LogP contribution in [0.4, 0.5) is 0 Å². The summed E-state index contributed by atoms with van der Waals surface area (Å²) in [5.74, 6) is -0.168. The van der Waals surface area contributed by atoms with Crippen LogP contribution >= 0.6 is 0 Å². The zero-order valence-corrected chi connectivity index (χ0v) is 11.0. The number of hydrogen-bond acceptors (Lipinski definition) is 3. The number of carbonyl (C=O) groups is 1. The number of carboxylic acid groups (broad SMARTS) is 1. The average Bonchev–Trinajstić information content (AvgIpc) is 2.39.